The van der Waals surface area contributed by atoms with Crippen molar-refractivity contribution >= 4 is 5.95 Å². The van der Waals surface area contributed by atoms with Crippen LogP contribution >= 0.6 is 0 Å². The third-order valence-electron chi connectivity index (χ3n) is 3.47. The Kier molecular flexibility index (Phi) is 3.29. The van der Waals surface area contributed by atoms with Gasteiger partial charge in [0.2, 0.25) is 5.95 Å². The summed E-state index contributed by atoms with van der Waals surface area (Å²) in [6.45, 7) is 4.33. The van der Waals surface area contributed by atoms with Crippen LogP contribution in [0.2, 0.25) is 0 Å². The predicted molar refractivity (Wildman–Crippen MR) is 63.0 cm³/mol. The van der Waals surface area contributed by atoms with Gasteiger partial charge in [0.1, 0.15) is 0 Å². The second-order valence-corrected chi connectivity index (χ2v) is 4.69. The summed E-state index contributed by atoms with van der Waals surface area (Å²) in [7, 11) is 0. The number of aromatic nitrogens is 2. The molecule has 3 heteroatoms. The summed E-state index contributed by atoms with van der Waals surface area (Å²) in [4.78, 5) is 7.51. The molecule has 0 aliphatic heterocycles. The highest BCUT2D eigenvalue weighted by molar-refractivity contribution is 5.27. The number of nitrogens with one attached hydrogen (secondary N) is 2. The second kappa shape index (κ2) is 4.69. The van der Waals surface area contributed by atoms with Gasteiger partial charge in [-0.3, -0.25) is 0 Å². The molecule has 1 aliphatic carbocycles. The molecule has 15 heavy (non-hydrogen) atoms. The minimum absolute atomic E-state index is 0.623. The van der Waals surface area contributed by atoms with Crippen molar-refractivity contribution in [3.63, 3.8) is 0 Å². The Bertz CT molecular complexity index is 298. The number of aryl methyl sites for hydroxylation is 1. The smallest absolute Gasteiger partial charge is 0.200 e. The van der Waals surface area contributed by atoms with Crippen LogP contribution in [-0.4, -0.2) is 16.0 Å². The minimum Gasteiger partial charge on any atom is -0.353 e. The molecule has 0 saturated heterocycles. The van der Waals surface area contributed by atoms with Gasteiger partial charge in [0.25, 0.3) is 0 Å². The number of nitrogens with zero attached hydrogens (tertiary/aromatic N) is 1. The molecule has 0 radical (unpaired) electrons. The van der Waals surface area contributed by atoms with Crippen molar-refractivity contribution in [3.05, 3.63) is 11.9 Å². The molecular formula is C12H21N3. The Morgan fingerprint density at radius 2 is 2.13 bits per heavy atom. The molecule has 84 valence electrons. The van der Waals surface area contributed by atoms with Gasteiger partial charge < -0.3 is 10.3 Å². The van der Waals surface area contributed by atoms with Gasteiger partial charge in [-0.1, -0.05) is 13.3 Å². The molecule has 0 bridgehead atoms. The lowest BCUT2D eigenvalue weighted by Gasteiger charge is -2.28. The summed E-state index contributed by atoms with van der Waals surface area (Å²) >= 11 is 0. The molecule has 1 saturated carbocycles. The fourth-order valence-electron chi connectivity index (χ4n) is 2.39. The largest absolute Gasteiger partial charge is 0.353 e. The number of rotatable bonds is 3. The van der Waals surface area contributed by atoms with Gasteiger partial charge in [-0.2, -0.15) is 0 Å². The highest BCUT2D eigenvalue weighted by Gasteiger charge is 2.20. The first-order valence-electron chi connectivity index (χ1n) is 6.06. The van der Waals surface area contributed by atoms with Crippen molar-refractivity contribution in [1.82, 2.24) is 9.97 Å². The van der Waals surface area contributed by atoms with Crippen molar-refractivity contribution in [2.24, 2.45) is 5.92 Å². The van der Waals surface area contributed by atoms with Crippen LogP contribution in [0.25, 0.3) is 0 Å². The molecule has 0 atom stereocenters. The summed E-state index contributed by atoms with van der Waals surface area (Å²) in [5, 5.41) is 3.48. The molecule has 1 aliphatic rings. The normalized spacial score (nSPS) is 26.5. The van der Waals surface area contributed by atoms with E-state index < -0.39 is 0 Å². The number of hydrogen-bond donors (Lipinski definition) is 2. The number of aromatic amines is 1. The van der Waals surface area contributed by atoms with E-state index in [1.54, 1.807) is 0 Å². The molecule has 0 amide bonds. The highest BCUT2D eigenvalue weighted by atomic mass is 15.1. The standard InChI is InChI=1S/C12H21N3/c1-3-10-4-6-11(7-5-10)15-12-13-8-9(2)14-12/h8,10-11H,3-7H2,1-2H3,(H2,13,14,15). The molecule has 1 aromatic rings. The molecule has 0 spiro atoms. The Labute approximate surface area is 91.7 Å². The maximum absolute atomic E-state index is 4.28. The van der Waals surface area contributed by atoms with Crippen molar-refractivity contribution in [3.8, 4) is 0 Å². The lowest BCUT2D eigenvalue weighted by molar-refractivity contribution is 0.329. The van der Waals surface area contributed by atoms with E-state index in [2.05, 4.69) is 22.2 Å². The van der Waals surface area contributed by atoms with E-state index in [1.807, 2.05) is 13.1 Å². The number of hydrogen-bond acceptors (Lipinski definition) is 2. The van der Waals surface area contributed by atoms with Gasteiger partial charge in [-0.05, 0) is 38.5 Å². The van der Waals surface area contributed by atoms with E-state index in [4.69, 9.17) is 0 Å². The van der Waals surface area contributed by atoms with E-state index in [-0.39, 0.29) is 0 Å². The van der Waals surface area contributed by atoms with Crippen LogP contribution in [0.4, 0.5) is 5.95 Å². The molecule has 0 aromatic carbocycles. The van der Waals surface area contributed by atoms with Crippen molar-refractivity contribution < 1.29 is 0 Å². The first-order valence-corrected chi connectivity index (χ1v) is 6.06. The summed E-state index contributed by atoms with van der Waals surface area (Å²) in [6, 6.07) is 0.623. The fourth-order valence-corrected chi connectivity index (χ4v) is 2.39. The second-order valence-electron chi connectivity index (χ2n) is 4.69. The van der Waals surface area contributed by atoms with Gasteiger partial charge in [-0.25, -0.2) is 4.98 Å². The Morgan fingerprint density at radius 1 is 1.40 bits per heavy atom. The lowest BCUT2D eigenvalue weighted by atomic mass is 9.85. The molecule has 2 N–H and O–H groups in total. The van der Waals surface area contributed by atoms with E-state index in [0.29, 0.717) is 6.04 Å². The van der Waals surface area contributed by atoms with Crippen LogP contribution in [0.5, 0.6) is 0 Å². The Balaban J connectivity index is 1.82. The van der Waals surface area contributed by atoms with Gasteiger partial charge in [-0.15, -0.1) is 0 Å². The number of imidazole rings is 1. The lowest BCUT2D eigenvalue weighted by Crippen LogP contribution is -2.26. The van der Waals surface area contributed by atoms with Crippen molar-refractivity contribution in [2.45, 2.75) is 52.0 Å². The van der Waals surface area contributed by atoms with Crippen LogP contribution in [0.1, 0.15) is 44.7 Å². The maximum Gasteiger partial charge on any atom is 0.200 e. The fraction of sp³-hybridized carbons (Fsp3) is 0.750. The van der Waals surface area contributed by atoms with Crippen LogP contribution in [0.3, 0.4) is 0 Å². The SMILES string of the molecule is CCC1CCC(Nc2ncc(C)[nH]2)CC1. The van der Waals surface area contributed by atoms with E-state index in [0.717, 1.165) is 17.6 Å². The Morgan fingerprint density at radius 3 is 2.67 bits per heavy atom. The minimum atomic E-state index is 0.623. The zero-order chi connectivity index (χ0) is 10.7. The molecule has 1 aromatic heterocycles. The first-order chi connectivity index (χ1) is 7.28. The van der Waals surface area contributed by atoms with Crippen molar-refractivity contribution in [2.75, 3.05) is 5.32 Å². The predicted octanol–water partition coefficient (Wildman–Crippen LogP) is 3.10. The van der Waals surface area contributed by atoms with Crippen LogP contribution in [0.15, 0.2) is 6.20 Å². The third-order valence-corrected chi connectivity index (χ3v) is 3.47. The van der Waals surface area contributed by atoms with Gasteiger partial charge in [0.05, 0.1) is 0 Å². The molecule has 1 fully saturated rings. The topological polar surface area (TPSA) is 40.7 Å². The van der Waals surface area contributed by atoms with E-state index >= 15 is 0 Å². The van der Waals surface area contributed by atoms with Crippen molar-refractivity contribution in [1.29, 1.82) is 0 Å². The third kappa shape index (κ3) is 2.74. The molecule has 2 rings (SSSR count). The van der Waals surface area contributed by atoms with E-state index in [9.17, 15) is 0 Å². The number of H-pyrrole nitrogens is 1. The first kappa shape index (κ1) is 10.5. The molecule has 1 heterocycles. The molecule has 0 unspecified atom stereocenters. The maximum atomic E-state index is 4.28. The zero-order valence-corrected chi connectivity index (χ0v) is 9.71. The average molecular weight is 207 g/mol. The highest BCUT2D eigenvalue weighted by Crippen LogP contribution is 2.27. The zero-order valence-electron chi connectivity index (χ0n) is 9.71. The van der Waals surface area contributed by atoms with Crippen LogP contribution in [0, 0.1) is 12.8 Å². The van der Waals surface area contributed by atoms with E-state index in [1.165, 1.54) is 32.1 Å². The van der Waals surface area contributed by atoms with Gasteiger partial charge in [0, 0.05) is 17.9 Å². The summed E-state index contributed by atoms with van der Waals surface area (Å²) in [6.07, 6.45) is 8.53. The summed E-state index contributed by atoms with van der Waals surface area (Å²) in [5.41, 5.74) is 1.12. The number of anilines is 1. The van der Waals surface area contributed by atoms with Crippen LogP contribution < -0.4 is 5.32 Å². The Hall–Kier alpha value is -0.990. The average Bonchev–Trinajstić information content (AvgIpc) is 2.65. The van der Waals surface area contributed by atoms with Gasteiger partial charge >= 0.3 is 0 Å². The molecule has 3 nitrogen and oxygen atoms in total. The summed E-state index contributed by atoms with van der Waals surface area (Å²) in [5.74, 6) is 1.90. The molecular weight excluding hydrogens is 186 g/mol. The van der Waals surface area contributed by atoms with Crippen LogP contribution in [-0.2, 0) is 0 Å². The quantitative estimate of drug-likeness (QED) is 0.799. The summed E-state index contributed by atoms with van der Waals surface area (Å²) < 4.78 is 0. The van der Waals surface area contributed by atoms with Gasteiger partial charge in [0.15, 0.2) is 0 Å². The monoisotopic (exact) mass is 207 g/mol.